The van der Waals surface area contributed by atoms with Gasteiger partial charge in [0.25, 0.3) is 6.43 Å². The second kappa shape index (κ2) is 10.3. The van der Waals surface area contributed by atoms with Crippen molar-refractivity contribution in [1.82, 2.24) is 29.5 Å². The number of likely N-dealkylation sites (tertiary alicyclic amines) is 1. The minimum Gasteiger partial charge on any atom is -0.444 e. The number of carbonyl (C=O) groups excluding carboxylic acids is 3. The van der Waals surface area contributed by atoms with Crippen LogP contribution in [0.25, 0.3) is 5.82 Å². The number of halogens is 3. The summed E-state index contributed by atoms with van der Waals surface area (Å²) in [4.78, 5) is 47.7. The number of rotatable bonds is 5. The van der Waals surface area contributed by atoms with Crippen molar-refractivity contribution in [2.24, 2.45) is 0 Å². The quantitative estimate of drug-likeness (QED) is 0.582. The van der Waals surface area contributed by atoms with E-state index in [1.807, 2.05) is 0 Å². The fourth-order valence-corrected chi connectivity index (χ4v) is 4.91. The predicted octanol–water partition coefficient (Wildman–Crippen LogP) is 3.17. The largest absolute Gasteiger partial charge is 0.444 e. The molecule has 206 valence electrons. The molecule has 0 saturated carbocycles. The lowest BCUT2D eigenvalue weighted by molar-refractivity contribution is -0.173. The fourth-order valence-electron chi connectivity index (χ4n) is 4.91. The van der Waals surface area contributed by atoms with Gasteiger partial charge in [-0.3, -0.25) is 9.59 Å². The smallest absolute Gasteiger partial charge is 0.410 e. The van der Waals surface area contributed by atoms with E-state index in [2.05, 4.69) is 10.1 Å². The van der Waals surface area contributed by atoms with Crippen LogP contribution in [-0.4, -0.2) is 91.1 Å². The van der Waals surface area contributed by atoms with Crippen molar-refractivity contribution < 1.29 is 32.3 Å². The van der Waals surface area contributed by atoms with Crippen LogP contribution in [-0.2, 0) is 14.3 Å². The van der Waals surface area contributed by atoms with E-state index in [0.717, 1.165) is 11.1 Å². The minimum absolute atomic E-state index is 0.00874. The summed E-state index contributed by atoms with van der Waals surface area (Å²) in [6, 6.07) is 2.69. The van der Waals surface area contributed by atoms with E-state index >= 15 is 0 Å². The third kappa shape index (κ3) is 5.46. The van der Waals surface area contributed by atoms with E-state index in [9.17, 15) is 27.6 Å². The molecule has 2 aliphatic heterocycles. The zero-order chi connectivity index (χ0) is 27.8. The Labute approximate surface area is 218 Å². The third-order valence-corrected chi connectivity index (χ3v) is 6.85. The first-order chi connectivity index (χ1) is 17.8. The van der Waals surface area contributed by atoms with Gasteiger partial charge in [-0.25, -0.2) is 27.6 Å². The standard InChI is InChI=1S/C25H31F3N6O4/c1-16(17-5-6-20(29-11-17)34-13-18(26)12-30-34)32-15-21(35)33(14-19(27)28)25(22(32)36)7-9-31(10-8-25)23(37)38-24(2,3)4/h5-6,11-13,16,19H,7-10,14-15H2,1-4H3/t16-/m0/s1. The van der Waals surface area contributed by atoms with Crippen molar-refractivity contribution in [2.45, 2.75) is 64.1 Å². The summed E-state index contributed by atoms with van der Waals surface area (Å²) in [7, 11) is 0. The van der Waals surface area contributed by atoms with Gasteiger partial charge in [-0.1, -0.05) is 6.07 Å². The zero-order valence-electron chi connectivity index (χ0n) is 21.7. The van der Waals surface area contributed by atoms with Gasteiger partial charge in [0.2, 0.25) is 11.8 Å². The molecule has 0 N–H and O–H groups in total. The molecule has 2 fully saturated rings. The van der Waals surface area contributed by atoms with Gasteiger partial charge in [0.05, 0.1) is 25.0 Å². The lowest BCUT2D eigenvalue weighted by atomic mass is 9.81. The monoisotopic (exact) mass is 536 g/mol. The Balaban J connectivity index is 1.57. The highest BCUT2D eigenvalue weighted by Crippen LogP contribution is 2.38. The third-order valence-electron chi connectivity index (χ3n) is 6.85. The molecule has 1 spiro atoms. The normalized spacial score (nSPS) is 18.9. The average Bonchev–Trinajstić information content (AvgIpc) is 3.29. The van der Waals surface area contributed by atoms with Gasteiger partial charge in [0.15, 0.2) is 11.6 Å². The average molecular weight is 537 g/mol. The van der Waals surface area contributed by atoms with E-state index in [0.29, 0.717) is 11.4 Å². The molecule has 2 aliphatic rings. The first kappa shape index (κ1) is 27.4. The van der Waals surface area contributed by atoms with Crippen LogP contribution in [0.15, 0.2) is 30.7 Å². The van der Waals surface area contributed by atoms with E-state index in [1.165, 1.54) is 26.9 Å². The number of amides is 3. The number of hydrogen-bond donors (Lipinski definition) is 0. The summed E-state index contributed by atoms with van der Waals surface area (Å²) in [6.45, 7) is 5.85. The van der Waals surface area contributed by atoms with Gasteiger partial charge in [0.1, 0.15) is 17.7 Å². The van der Waals surface area contributed by atoms with Gasteiger partial charge in [0, 0.05) is 19.3 Å². The van der Waals surface area contributed by atoms with Crippen LogP contribution in [0.3, 0.4) is 0 Å². The summed E-state index contributed by atoms with van der Waals surface area (Å²) in [6.07, 6.45) is 0.360. The van der Waals surface area contributed by atoms with Crippen molar-refractivity contribution in [3.8, 4) is 5.82 Å². The summed E-state index contributed by atoms with van der Waals surface area (Å²) in [5.41, 5.74) is -1.61. The second-order valence-electron chi connectivity index (χ2n) is 10.6. The molecule has 4 rings (SSSR count). The molecule has 0 radical (unpaired) electrons. The van der Waals surface area contributed by atoms with Gasteiger partial charge in [-0.2, -0.15) is 5.10 Å². The van der Waals surface area contributed by atoms with Crippen LogP contribution < -0.4 is 0 Å². The Morgan fingerprint density at radius 1 is 1.16 bits per heavy atom. The van der Waals surface area contributed by atoms with Crippen molar-refractivity contribution in [1.29, 1.82) is 0 Å². The molecule has 1 atom stereocenters. The molecule has 4 heterocycles. The van der Waals surface area contributed by atoms with Crippen LogP contribution in [0, 0.1) is 5.82 Å². The number of aromatic nitrogens is 3. The molecule has 2 saturated heterocycles. The molecule has 0 unspecified atom stereocenters. The maximum atomic E-state index is 13.9. The Kier molecular flexibility index (Phi) is 7.39. The Morgan fingerprint density at radius 2 is 1.84 bits per heavy atom. The van der Waals surface area contributed by atoms with Crippen LogP contribution in [0.5, 0.6) is 0 Å². The number of carbonyl (C=O) groups is 3. The molecule has 3 amide bonds. The molecular weight excluding hydrogens is 505 g/mol. The van der Waals surface area contributed by atoms with E-state index in [1.54, 1.807) is 39.8 Å². The van der Waals surface area contributed by atoms with Gasteiger partial charge in [-0.15, -0.1) is 0 Å². The number of hydrogen-bond acceptors (Lipinski definition) is 6. The zero-order valence-corrected chi connectivity index (χ0v) is 21.7. The van der Waals surface area contributed by atoms with Gasteiger partial charge in [-0.05, 0) is 52.2 Å². The highest BCUT2D eigenvalue weighted by molar-refractivity contribution is 5.98. The van der Waals surface area contributed by atoms with Gasteiger partial charge >= 0.3 is 6.09 Å². The lowest BCUT2D eigenvalue weighted by Gasteiger charge is -2.53. The minimum atomic E-state index is -2.82. The molecule has 2 aromatic rings. The first-order valence-corrected chi connectivity index (χ1v) is 12.3. The van der Waals surface area contributed by atoms with Crippen molar-refractivity contribution in [3.63, 3.8) is 0 Å². The number of nitrogens with zero attached hydrogens (tertiary/aromatic N) is 6. The predicted molar refractivity (Wildman–Crippen MR) is 129 cm³/mol. The van der Waals surface area contributed by atoms with Gasteiger partial charge < -0.3 is 19.4 Å². The highest BCUT2D eigenvalue weighted by Gasteiger charge is 2.55. The number of alkyl halides is 2. The van der Waals surface area contributed by atoms with Crippen LogP contribution >= 0.6 is 0 Å². The second-order valence-corrected chi connectivity index (χ2v) is 10.6. The Bertz CT molecular complexity index is 1190. The van der Waals surface area contributed by atoms with Crippen molar-refractivity contribution in [3.05, 3.63) is 42.1 Å². The van der Waals surface area contributed by atoms with Crippen molar-refractivity contribution >= 4 is 17.9 Å². The summed E-state index contributed by atoms with van der Waals surface area (Å²) >= 11 is 0. The molecule has 0 aliphatic carbocycles. The van der Waals surface area contributed by atoms with E-state index in [-0.39, 0.29) is 32.5 Å². The SMILES string of the molecule is C[C@@H](c1ccc(-n2cc(F)cn2)nc1)N1CC(=O)N(CC(F)F)C2(CCN(C(=O)OC(C)(C)C)CC2)C1=O. The van der Waals surface area contributed by atoms with Crippen molar-refractivity contribution in [2.75, 3.05) is 26.2 Å². The maximum absolute atomic E-state index is 13.9. The Morgan fingerprint density at radius 3 is 2.37 bits per heavy atom. The number of ether oxygens (including phenoxy) is 1. The van der Waals surface area contributed by atoms with Crippen LogP contribution in [0.1, 0.15) is 52.1 Å². The maximum Gasteiger partial charge on any atom is 0.410 e. The molecule has 13 heteroatoms. The molecule has 10 nitrogen and oxygen atoms in total. The van der Waals surface area contributed by atoms with Crippen LogP contribution in [0.4, 0.5) is 18.0 Å². The lowest BCUT2D eigenvalue weighted by Crippen LogP contribution is -2.71. The molecule has 0 bridgehead atoms. The van der Waals surface area contributed by atoms with Crippen LogP contribution in [0.2, 0.25) is 0 Å². The Hall–Kier alpha value is -3.64. The summed E-state index contributed by atoms with van der Waals surface area (Å²) < 4.78 is 47.0. The summed E-state index contributed by atoms with van der Waals surface area (Å²) in [5, 5.41) is 3.87. The first-order valence-electron chi connectivity index (χ1n) is 12.3. The number of piperidine rings is 1. The molecular formula is C25H31F3N6O4. The van der Waals surface area contributed by atoms with E-state index in [4.69, 9.17) is 4.74 Å². The molecule has 38 heavy (non-hydrogen) atoms. The number of pyridine rings is 1. The summed E-state index contributed by atoms with van der Waals surface area (Å²) in [5.74, 6) is -1.19. The fraction of sp³-hybridized carbons (Fsp3) is 0.560. The highest BCUT2D eigenvalue weighted by atomic mass is 19.3. The topological polar surface area (TPSA) is 101 Å². The number of piperazine rings is 1. The molecule has 2 aromatic heterocycles. The van der Waals surface area contributed by atoms with E-state index < -0.39 is 53.9 Å². The molecule has 0 aromatic carbocycles.